The molecule has 2 saturated carbocycles. The van der Waals surface area contributed by atoms with E-state index in [0.29, 0.717) is 30.0 Å². The molecule has 1 N–H and O–H groups in total. The zero-order valence-corrected chi connectivity index (χ0v) is 18.0. The van der Waals surface area contributed by atoms with Crippen molar-refractivity contribution in [3.8, 4) is 0 Å². The molecule has 3 aliphatic rings. The fourth-order valence-corrected chi connectivity index (χ4v) is 6.93. The smallest absolute Gasteiger partial charge is 0.341 e. The van der Waals surface area contributed by atoms with Crippen LogP contribution in [0.1, 0.15) is 80.6 Å². The number of aryl methyl sites for hydroxylation is 1. The zero-order valence-electron chi connectivity index (χ0n) is 17.2. The lowest BCUT2D eigenvalue weighted by Gasteiger charge is -2.38. The highest BCUT2D eigenvalue weighted by Gasteiger charge is 2.72. The largest absolute Gasteiger partial charge is 0.462 e. The number of Topliss-reactive ketones (excluding diaryl/α,β-unsaturated/α-hetero) is 1. The molecule has 3 aliphatic carbocycles. The first kappa shape index (κ1) is 19.6. The molecule has 1 heterocycles. The van der Waals surface area contributed by atoms with Crippen LogP contribution in [0.3, 0.4) is 0 Å². The molecule has 0 radical (unpaired) electrons. The number of carbonyl (C=O) groups excluding carboxylic acids is 3. The fourth-order valence-electron chi connectivity index (χ4n) is 5.66. The van der Waals surface area contributed by atoms with E-state index in [1.807, 2.05) is 6.92 Å². The second-order valence-corrected chi connectivity index (χ2v) is 10.3. The van der Waals surface area contributed by atoms with Crippen molar-refractivity contribution in [1.82, 2.24) is 0 Å². The van der Waals surface area contributed by atoms with Gasteiger partial charge in [0.2, 0.25) is 5.91 Å². The van der Waals surface area contributed by atoms with E-state index in [9.17, 15) is 14.4 Å². The highest BCUT2D eigenvalue weighted by molar-refractivity contribution is 7.17. The van der Waals surface area contributed by atoms with E-state index in [1.54, 1.807) is 6.92 Å². The minimum atomic E-state index is -0.699. The molecule has 6 heteroatoms. The summed E-state index contributed by atoms with van der Waals surface area (Å²) in [6.07, 6.45) is 5.70. The maximum Gasteiger partial charge on any atom is 0.341 e. The Labute approximate surface area is 170 Å². The molecule has 0 aromatic carbocycles. The van der Waals surface area contributed by atoms with Crippen LogP contribution in [0, 0.1) is 16.2 Å². The Balaban J connectivity index is 1.70. The summed E-state index contributed by atoms with van der Waals surface area (Å²) in [7, 11) is 0. The Morgan fingerprint density at radius 3 is 2.46 bits per heavy atom. The Morgan fingerprint density at radius 2 is 1.86 bits per heavy atom. The van der Waals surface area contributed by atoms with Crippen molar-refractivity contribution < 1.29 is 19.1 Å². The first-order valence-corrected chi connectivity index (χ1v) is 11.2. The number of ketones is 1. The predicted molar refractivity (Wildman–Crippen MR) is 109 cm³/mol. The zero-order chi connectivity index (χ0) is 20.3. The highest BCUT2D eigenvalue weighted by atomic mass is 32.1. The minimum Gasteiger partial charge on any atom is -0.462 e. The third-order valence-corrected chi connectivity index (χ3v) is 9.23. The van der Waals surface area contributed by atoms with Crippen molar-refractivity contribution in [2.24, 2.45) is 16.2 Å². The Bertz CT molecular complexity index is 870. The number of carbonyl (C=O) groups is 3. The van der Waals surface area contributed by atoms with E-state index in [0.717, 1.165) is 37.7 Å². The van der Waals surface area contributed by atoms with E-state index in [-0.39, 0.29) is 17.7 Å². The van der Waals surface area contributed by atoms with Gasteiger partial charge < -0.3 is 10.1 Å². The summed E-state index contributed by atoms with van der Waals surface area (Å²) in [6.45, 7) is 8.21. The first-order valence-electron chi connectivity index (χ1n) is 10.3. The van der Waals surface area contributed by atoms with E-state index in [4.69, 9.17) is 4.74 Å². The van der Waals surface area contributed by atoms with Crippen molar-refractivity contribution in [2.45, 2.75) is 72.6 Å². The molecular weight excluding hydrogens is 374 g/mol. The highest BCUT2D eigenvalue weighted by Crippen LogP contribution is 2.70. The summed E-state index contributed by atoms with van der Waals surface area (Å²) < 4.78 is 5.30. The number of thiophene rings is 1. The molecular formula is C22H29NO4S. The van der Waals surface area contributed by atoms with Crippen LogP contribution in [0.25, 0.3) is 0 Å². The summed E-state index contributed by atoms with van der Waals surface area (Å²) in [5, 5.41) is 3.69. The van der Waals surface area contributed by atoms with Gasteiger partial charge >= 0.3 is 5.97 Å². The van der Waals surface area contributed by atoms with Gasteiger partial charge in [-0.1, -0.05) is 20.8 Å². The van der Waals surface area contributed by atoms with Gasteiger partial charge in [0.25, 0.3) is 0 Å². The number of rotatable bonds is 4. The van der Waals surface area contributed by atoms with E-state index in [2.05, 4.69) is 19.2 Å². The van der Waals surface area contributed by atoms with Crippen LogP contribution < -0.4 is 5.32 Å². The molecule has 1 amide bonds. The standard InChI is InChI=1S/C22H29NO4S/c1-5-27-18(25)16-13-8-6-7-9-14(13)28-17(16)23-19(26)22-11-10-21(4,15(24)12-22)20(22,2)3/h5-12H2,1-4H3,(H,23,26)/t21-,22-/m0/s1. The molecule has 5 nitrogen and oxygen atoms in total. The number of esters is 1. The van der Waals surface area contributed by atoms with Crippen LogP contribution in [-0.2, 0) is 27.2 Å². The summed E-state index contributed by atoms with van der Waals surface area (Å²) in [4.78, 5) is 40.1. The van der Waals surface area contributed by atoms with Gasteiger partial charge in [0.05, 0.1) is 17.6 Å². The number of nitrogens with one attached hydrogen (secondary N) is 1. The van der Waals surface area contributed by atoms with Crippen molar-refractivity contribution >= 4 is 34.0 Å². The van der Waals surface area contributed by atoms with Gasteiger partial charge in [-0.15, -0.1) is 11.3 Å². The lowest BCUT2D eigenvalue weighted by molar-refractivity contribution is -0.131. The van der Waals surface area contributed by atoms with Crippen LogP contribution in [0.2, 0.25) is 0 Å². The van der Waals surface area contributed by atoms with Crippen LogP contribution in [0.15, 0.2) is 0 Å². The third kappa shape index (κ3) is 2.39. The predicted octanol–water partition coefficient (Wildman–Crippen LogP) is 4.53. The van der Waals surface area contributed by atoms with Gasteiger partial charge in [0.1, 0.15) is 10.8 Å². The van der Waals surface area contributed by atoms with Gasteiger partial charge in [0.15, 0.2) is 0 Å². The number of ether oxygens (including phenoxy) is 1. The molecule has 1 aromatic rings. The normalized spacial score (nSPS) is 30.2. The van der Waals surface area contributed by atoms with E-state index in [1.165, 1.54) is 16.2 Å². The number of fused-ring (bicyclic) bond motifs is 3. The molecule has 0 spiro atoms. The second kappa shape index (κ2) is 6.41. The Morgan fingerprint density at radius 1 is 1.14 bits per heavy atom. The molecule has 2 atom stereocenters. The molecule has 0 aliphatic heterocycles. The van der Waals surface area contributed by atoms with Crippen molar-refractivity contribution in [3.63, 3.8) is 0 Å². The Hall–Kier alpha value is -1.69. The van der Waals surface area contributed by atoms with Crippen molar-refractivity contribution in [3.05, 3.63) is 16.0 Å². The third-order valence-electron chi connectivity index (χ3n) is 8.02. The SMILES string of the molecule is CCOC(=O)c1c(NC(=O)[C@]23CC[C@@](C)(C(=O)C2)C3(C)C)sc2c1CCCC2. The molecule has 4 rings (SSSR count). The van der Waals surface area contributed by atoms with Crippen LogP contribution in [-0.4, -0.2) is 24.3 Å². The summed E-state index contributed by atoms with van der Waals surface area (Å²) >= 11 is 1.51. The summed E-state index contributed by atoms with van der Waals surface area (Å²) in [5.74, 6) is -0.279. The van der Waals surface area contributed by atoms with Crippen LogP contribution >= 0.6 is 11.3 Å². The van der Waals surface area contributed by atoms with Crippen LogP contribution in [0.4, 0.5) is 5.00 Å². The lowest BCUT2D eigenvalue weighted by Crippen LogP contribution is -2.43. The summed E-state index contributed by atoms with van der Waals surface area (Å²) in [6, 6.07) is 0. The maximum absolute atomic E-state index is 13.5. The van der Waals surface area contributed by atoms with Gasteiger partial charge in [-0.05, 0) is 56.4 Å². The van der Waals surface area contributed by atoms with Crippen molar-refractivity contribution in [2.75, 3.05) is 11.9 Å². The molecule has 0 saturated heterocycles. The quantitative estimate of drug-likeness (QED) is 0.750. The van der Waals surface area contributed by atoms with E-state index < -0.39 is 16.2 Å². The van der Waals surface area contributed by atoms with Gasteiger partial charge in [0, 0.05) is 16.7 Å². The van der Waals surface area contributed by atoms with Crippen LogP contribution in [0.5, 0.6) is 0 Å². The van der Waals surface area contributed by atoms with Gasteiger partial charge in [-0.25, -0.2) is 4.79 Å². The fraction of sp³-hybridized carbons (Fsp3) is 0.682. The number of anilines is 1. The summed E-state index contributed by atoms with van der Waals surface area (Å²) in [5.41, 5.74) is 0.0372. The molecule has 0 unspecified atom stereocenters. The molecule has 2 fully saturated rings. The lowest BCUT2D eigenvalue weighted by atomic mass is 9.64. The molecule has 2 bridgehead atoms. The average Bonchev–Trinajstić information content (AvgIpc) is 3.15. The minimum absolute atomic E-state index is 0.115. The molecule has 1 aromatic heterocycles. The second-order valence-electron chi connectivity index (χ2n) is 9.23. The number of amides is 1. The average molecular weight is 404 g/mol. The number of hydrogen-bond acceptors (Lipinski definition) is 5. The molecule has 28 heavy (non-hydrogen) atoms. The van der Waals surface area contributed by atoms with Crippen molar-refractivity contribution in [1.29, 1.82) is 0 Å². The molecule has 152 valence electrons. The van der Waals surface area contributed by atoms with Gasteiger partial charge in [-0.3, -0.25) is 9.59 Å². The topological polar surface area (TPSA) is 72.5 Å². The number of hydrogen-bond donors (Lipinski definition) is 1. The Kier molecular flexibility index (Phi) is 4.49. The van der Waals surface area contributed by atoms with Gasteiger partial charge in [-0.2, -0.15) is 0 Å². The monoisotopic (exact) mass is 403 g/mol. The first-order chi connectivity index (χ1) is 13.2. The van der Waals surface area contributed by atoms with E-state index >= 15 is 0 Å². The maximum atomic E-state index is 13.5.